The molecule has 0 fully saturated rings. The maximum Gasteiger partial charge on any atom is 0.224 e. The molecule has 1 aromatic carbocycles. The summed E-state index contributed by atoms with van der Waals surface area (Å²) in [6.45, 7) is 1.97. The van der Waals surface area contributed by atoms with E-state index in [1.807, 2.05) is 25.1 Å². The van der Waals surface area contributed by atoms with Gasteiger partial charge in [-0.3, -0.25) is 4.79 Å². The van der Waals surface area contributed by atoms with E-state index in [0.29, 0.717) is 11.3 Å². The molecule has 0 aliphatic rings. The van der Waals surface area contributed by atoms with Gasteiger partial charge in [-0.25, -0.2) is 0 Å². The first kappa shape index (κ1) is 9.99. The van der Waals surface area contributed by atoms with Gasteiger partial charge in [0, 0.05) is 6.42 Å². The zero-order valence-corrected chi connectivity index (χ0v) is 8.36. The van der Waals surface area contributed by atoms with Gasteiger partial charge >= 0.3 is 0 Å². The Balaban J connectivity index is 2.63. The minimum absolute atomic E-state index is 0.0276. The van der Waals surface area contributed by atoms with Crippen LogP contribution in [0, 0.1) is 0 Å². The second-order valence-electron chi connectivity index (χ2n) is 2.79. The van der Waals surface area contributed by atoms with Crippen LogP contribution in [0.2, 0.25) is 0 Å². The molecule has 1 aromatic rings. The molecule has 0 aliphatic carbocycles. The molecule has 1 radical (unpaired) electrons. The molecule has 3 heteroatoms. The third-order valence-electron chi connectivity index (χ3n) is 1.64. The van der Waals surface area contributed by atoms with Crippen molar-refractivity contribution < 1.29 is 4.79 Å². The van der Waals surface area contributed by atoms with Gasteiger partial charge in [-0.05, 0) is 18.6 Å². The van der Waals surface area contributed by atoms with E-state index in [0.717, 1.165) is 12.1 Å². The molecule has 0 saturated heterocycles. The van der Waals surface area contributed by atoms with E-state index in [4.69, 9.17) is 12.6 Å². The van der Waals surface area contributed by atoms with Crippen LogP contribution in [-0.2, 0) is 4.79 Å². The van der Waals surface area contributed by atoms with Gasteiger partial charge in [-0.15, -0.1) is 0 Å². The molecule has 0 aromatic heterocycles. The third kappa shape index (κ3) is 3.03. The smallest absolute Gasteiger partial charge is 0.224 e. The second kappa shape index (κ2) is 4.82. The summed E-state index contributed by atoms with van der Waals surface area (Å²) in [5.74, 6) is 0.0276. The number of hydrogen-bond donors (Lipinski definition) is 1. The summed E-state index contributed by atoms with van der Waals surface area (Å²) in [6.07, 6.45) is 1.40. The van der Waals surface area contributed by atoms with E-state index < -0.39 is 0 Å². The molecule has 0 aliphatic heterocycles. The number of carbonyl (C=O) groups excluding carboxylic acids is 1. The second-order valence-corrected chi connectivity index (χ2v) is 3.23. The largest absolute Gasteiger partial charge is 0.325 e. The van der Waals surface area contributed by atoms with Gasteiger partial charge < -0.3 is 5.32 Å². The first-order chi connectivity index (χ1) is 6.24. The van der Waals surface area contributed by atoms with Crippen LogP contribution in [0.4, 0.5) is 5.69 Å². The maximum absolute atomic E-state index is 11.2. The van der Waals surface area contributed by atoms with Crippen molar-refractivity contribution in [3.05, 3.63) is 24.3 Å². The van der Waals surface area contributed by atoms with Crippen molar-refractivity contribution in [2.45, 2.75) is 24.7 Å². The Hall–Kier alpha value is -1.09. The van der Waals surface area contributed by atoms with Crippen molar-refractivity contribution in [2.24, 2.45) is 0 Å². The highest BCUT2D eigenvalue weighted by molar-refractivity contribution is 7.80. The summed E-state index contributed by atoms with van der Waals surface area (Å²) in [5, 5.41) is 2.77. The van der Waals surface area contributed by atoms with Crippen molar-refractivity contribution in [3.8, 4) is 0 Å². The Kier molecular flexibility index (Phi) is 3.71. The van der Waals surface area contributed by atoms with Gasteiger partial charge in [0.25, 0.3) is 0 Å². The number of hydrogen-bond acceptors (Lipinski definition) is 1. The molecular formula is C10H12NOS. The van der Waals surface area contributed by atoms with Gasteiger partial charge in [-0.2, -0.15) is 0 Å². The van der Waals surface area contributed by atoms with Crippen molar-refractivity contribution in [3.63, 3.8) is 0 Å². The summed E-state index contributed by atoms with van der Waals surface area (Å²) in [5.41, 5.74) is 0.732. The topological polar surface area (TPSA) is 29.1 Å². The summed E-state index contributed by atoms with van der Waals surface area (Å²) in [4.78, 5) is 11.9. The molecule has 0 unspecified atom stereocenters. The molecule has 0 bridgehead atoms. The minimum Gasteiger partial charge on any atom is -0.325 e. The van der Waals surface area contributed by atoms with E-state index in [9.17, 15) is 4.79 Å². The number of anilines is 1. The molecule has 2 nitrogen and oxygen atoms in total. The number of para-hydroxylation sites is 1. The standard InChI is InChI=1S/C10H12NOS/c1-2-5-10(12)11-8-6-3-4-7-9(8)13/h3-4,6-7H,2,5H2,1H3,(H,11,12). The Morgan fingerprint density at radius 2 is 2.15 bits per heavy atom. The lowest BCUT2D eigenvalue weighted by molar-refractivity contribution is -0.116. The van der Waals surface area contributed by atoms with E-state index in [-0.39, 0.29) is 5.91 Å². The van der Waals surface area contributed by atoms with Gasteiger partial charge in [0.1, 0.15) is 0 Å². The van der Waals surface area contributed by atoms with Gasteiger partial charge in [-0.1, -0.05) is 31.7 Å². The maximum atomic E-state index is 11.2. The van der Waals surface area contributed by atoms with Gasteiger partial charge in [0.2, 0.25) is 5.91 Å². The lowest BCUT2D eigenvalue weighted by Gasteiger charge is -2.05. The first-order valence-electron chi connectivity index (χ1n) is 4.30. The molecule has 13 heavy (non-hydrogen) atoms. The van der Waals surface area contributed by atoms with Crippen molar-refractivity contribution >= 4 is 24.2 Å². The zero-order chi connectivity index (χ0) is 9.68. The van der Waals surface area contributed by atoms with E-state index >= 15 is 0 Å². The van der Waals surface area contributed by atoms with Crippen LogP contribution < -0.4 is 5.32 Å². The van der Waals surface area contributed by atoms with Crippen molar-refractivity contribution in [1.82, 2.24) is 0 Å². The highest BCUT2D eigenvalue weighted by Gasteiger charge is 2.02. The zero-order valence-electron chi connectivity index (χ0n) is 7.54. The molecule has 1 amide bonds. The summed E-state index contributed by atoms with van der Waals surface area (Å²) < 4.78 is 0. The van der Waals surface area contributed by atoms with E-state index in [2.05, 4.69) is 5.32 Å². The van der Waals surface area contributed by atoms with Crippen LogP contribution in [0.25, 0.3) is 0 Å². The fourth-order valence-electron chi connectivity index (χ4n) is 1.01. The van der Waals surface area contributed by atoms with Crippen LogP contribution in [0.15, 0.2) is 29.2 Å². The van der Waals surface area contributed by atoms with Crippen LogP contribution in [0.3, 0.4) is 0 Å². The summed E-state index contributed by atoms with van der Waals surface area (Å²) in [6, 6.07) is 7.34. The number of amides is 1. The average molecular weight is 194 g/mol. The lowest BCUT2D eigenvalue weighted by atomic mass is 10.3. The molecule has 1 N–H and O–H groups in total. The van der Waals surface area contributed by atoms with Crippen molar-refractivity contribution in [2.75, 3.05) is 5.32 Å². The Labute approximate surface area is 83.8 Å². The fourth-order valence-corrected chi connectivity index (χ4v) is 1.21. The highest BCUT2D eigenvalue weighted by atomic mass is 32.1. The Bertz CT molecular complexity index is 299. The predicted molar refractivity (Wildman–Crippen MR) is 55.8 cm³/mol. The number of nitrogens with one attached hydrogen (secondary N) is 1. The molecule has 69 valence electrons. The monoisotopic (exact) mass is 194 g/mol. The van der Waals surface area contributed by atoms with Crippen LogP contribution >= 0.6 is 12.6 Å². The van der Waals surface area contributed by atoms with E-state index in [1.54, 1.807) is 6.07 Å². The Morgan fingerprint density at radius 1 is 1.46 bits per heavy atom. The molecule has 1 rings (SSSR count). The van der Waals surface area contributed by atoms with Gasteiger partial charge in [0.15, 0.2) is 0 Å². The predicted octanol–water partition coefficient (Wildman–Crippen LogP) is 2.98. The fraction of sp³-hybridized carbons (Fsp3) is 0.300. The number of benzene rings is 1. The quantitative estimate of drug-likeness (QED) is 0.787. The highest BCUT2D eigenvalue weighted by Crippen LogP contribution is 2.18. The minimum atomic E-state index is 0.0276. The van der Waals surface area contributed by atoms with Crippen LogP contribution in [-0.4, -0.2) is 5.91 Å². The van der Waals surface area contributed by atoms with Crippen LogP contribution in [0.1, 0.15) is 19.8 Å². The molecule has 0 heterocycles. The van der Waals surface area contributed by atoms with Crippen molar-refractivity contribution in [1.29, 1.82) is 0 Å². The van der Waals surface area contributed by atoms with E-state index in [1.165, 1.54) is 0 Å². The van der Waals surface area contributed by atoms with Crippen LogP contribution in [0.5, 0.6) is 0 Å². The molecule has 0 saturated carbocycles. The van der Waals surface area contributed by atoms with Gasteiger partial charge in [0.05, 0.1) is 10.6 Å². The SMILES string of the molecule is CCCC(=O)Nc1ccccc1[S]. The average Bonchev–Trinajstić information content (AvgIpc) is 2.09. The number of carbonyl (C=O) groups is 1. The first-order valence-corrected chi connectivity index (χ1v) is 4.70. The third-order valence-corrected chi connectivity index (χ3v) is 1.99. The molecule has 0 atom stereocenters. The molecule has 0 spiro atoms. The lowest BCUT2D eigenvalue weighted by Crippen LogP contribution is -2.10. The summed E-state index contributed by atoms with van der Waals surface area (Å²) in [7, 11) is 0. The molecular weight excluding hydrogens is 182 g/mol. The summed E-state index contributed by atoms with van der Waals surface area (Å²) >= 11 is 5.04. The Morgan fingerprint density at radius 3 is 2.77 bits per heavy atom. The normalized spacial score (nSPS) is 9.62. The number of rotatable bonds is 3.